The predicted molar refractivity (Wildman–Crippen MR) is 201 cm³/mol. The van der Waals surface area contributed by atoms with Gasteiger partial charge < -0.3 is 64.2 Å². The minimum Gasteiger partial charge on any atom is -0.457 e. The number of rotatable bonds is 28. The molecule has 14 nitrogen and oxygen atoms in total. The molecule has 2 saturated heterocycles. The molecule has 0 amide bonds. The summed E-state index contributed by atoms with van der Waals surface area (Å²) in [5.41, 5.74) is 0. The number of hydrogen-bond donors (Lipinski definition) is 7. The summed E-state index contributed by atoms with van der Waals surface area (Å²) >= 11 is 0. The summed E-state index contributed by atoms with van der Waals surface area (Å²) < 4.78 is 33.8. The molecular weight excluding hydrogens is 704 g/mol. The van der Waals surface area contributed by atoms with Crippen molar-refractivity contribution in [3.05, 3.63) is 48.6 Å². The quantitative estimate of drug-likeness (QED) is 0.0346. The van der Waals surface area contributed by atoms with Crippen molar-refractivity contribution in [2.24, 2.45) is 0 Å². The Hall–Kier alpha value is -2.05. The van der Waals surface area contributed by atoms with Crippen LogP contribution in [0, 0.1) is 0 Å². The molecule has 2 aliphatic rings. The number of unbranched alkanes of at least 4 members (excludes halogenated alkanes) is 6. The van der Waals surface area contributed by atoms with E-state index in [0.29, 0.717) is 13.0 Å². The highest BCUT2D eigenvalue weighted by atomic mass is 16.7. The first-order valence-corrected chi connectivity index (χ1v) is 19.7. The van der Waals surface area contributed by atoms with Crippen molar-refractivity contribution in [2.45, 2.75) is 165 Å². The fourth-order valence-corrected chi connectivity index (χ4v) is 5.82. The van der Waals surface area contributed by atoms with Gasteiger partial charge in [-0.15, -0.1) is 0 Å². The van der Waals surface area contributed by atoms with Crippen molar-refractivity contribution >= 4 is 5.97 Å². The number of carbonyl (C=O) groups is 1. The highest BCUT2D eigenvalue weighted by Gasteiger charge is 2.47. The van der Waals surface area contributed by atoms with Gasteiger partial charge in [0.1, 0.15) is 54.9 Å². The molecular formula is C40H68O14. The van der Waals surface area contributed by atoms with Gasteiger partial charge in [-0.1, -0.05) is 101 Å². The summed E-state index contributed by atoms with van der Waals surface area (Å²) in [6.07, 6.45) is 12.3. The molecule has 2 heterocycles. The Kier molecular flexibility index (Phi) is 26.0. The Morgan fingerprint density at radius 1 is 0.630 bits per heavy atom. The van der Waals surface area contributed by atoms with E-state index in [0.717, 1.165) is 44.9 Å². The molecule has 11 unspecified atom stereocenters. The maximum atomic E-state index is 12.8. The van der Waals surface area contributed by atoms with E-state index in [1.54, 1.807) is 0 Å². The van der Waals surface area contributed by atoms with Crippen molar-refractivity contribution in [1.82, 2.24) is 0 Å². The number of hydrogen-bond acceptors (Lipinski definition) is 14. The van der Waals surface area contributed by atoms with Crippen molar-refractivity contribution in [3.8, 4) is 0 Å². The first-order valence-electron chi connectivity index (χ1n) is 19.7. The molecule has 2 aliphatic heterocycles. The summed E-state index contributed by atoms with van der Waals surface area (Å²) in [6, 6.07) is 0. The van der Waals surface area contributed by atoms with Gasteiger partial charge in [0.25, 0.3) is 0 Å². The van der Waals surface area contributed by atoms with Crippen LogP contribution < -0.4 is 0 Å². The maximum Gasteiger partial charge on any atom is 0.306 e. The normalized spacial score (nSPS) is 29.9. The number of aliphatic hydroxyl groups is 7. The van der Waals surface area contributed by atoms with Gasteiger partial charge >= 0.3 is 5.97 Å². The van der Waals surface area contributed by atoms with E-state index >= 15 is 0 Å². The second-order valence-electron chi connectivity index (χ2n) is 13.7. The van der Waals surface area contributed by atoms with Gasteiger partial charge in [-0.2, -0.15) is 0 Å². The lowest BCUT2D eigenvalue weighted by Gasteiger charge is -2.42. The second kappa shape index (κ2) is 29.2. The summed E-state index contributed by atoms with van der Waals surface area (Å²) in [4.78, 5) is 12.8. The van der Waals surface area contributed by atoms with Crippen LogP contribution >= 0.6 is 0 Å². The Balaban J connectivity index is 1.89. The van der Waals surface area contributed by atoms with Crippen molar-refractivity contribution < 1.29 is 69.0 Å². The van der Waals surface area contributed by atoms with Gasteiger partial charge in [0.15, 0.2) is 12.6 Å². The minimum absolute atomic E-state index is 0.0309. The van der Waals surface area contributed by atoms with E-state index in [1.165, 1.54) is 25.7 Å². The molecule has 11 atom stereocenters. The first kappa shape index (κ1) is 48.1. The van der Waals surface area contributed by atoms with Gasteiger partial charge in [-0.05, 0) is 38.5 Å². The smallest absolute Gasteiger partial charge is 0.306 e. The molecule has 0 spiro atoms. The largest absolute Gasteiger partial charge is 0.457 e. The van der Waals surface area contributed by atoms with Gasteiger partial charge in [-0.25, -0.2) is 0 Å². The summed E-state index contributed by atoms with van der Waals surface area (Å²) in [6.45, 7) is 3.38. The Morgan fingerprint density at radius 2 is 1.17 bits per heavy atom. The molecule has 54 heavy (non-hydrogen) atoms. The molecule has 7 N–H and O–H groups in total. The molecule has 14 heteroatoms. The molecule has 312 valence electrons. The van der Waals surface area contributed by atoms with E-state index in [1.807, 2.05) is 12.2 Å². The highest BCUT2D eigenvalue weighted by molar-refractivity contribution is 5.69. The van der Waals surface area contributed by atoms with Gasteiger partial charge in [0, 0.05) is 13.0 Å². The molecule has 0 saturated carbocycles. The lowest BCUT2D eigenvalue weighted by atomic mass is 9.98. The third-order valence-electron chi connectivity index (χ3n) is 9.12. The molecule has 2 fully saturated rings. The zero-order valence-corrected chi connectivity index (χ0v) is 32.2. The average Bonchev–Trinajstić information content (AvgIpc) is 3.16. The Labute approximate surface area is 321 Å². The third kappa shape index (κ3) is 18.7. The average molecular weight is 773 g/mol. The second-order valence-corrected chi connectivity index (χ2v) is 13.7. The van der Waals surface area contributed by atoms with Crippen LogP contribution in [0.15, 0.2) is 48.6 Å². The molecule has 0 aliphatic carbocycles. The standard InChI is InChI=1S/C40H68O14/c1-3-5-7-9-11-12-13-14-15-16-17-19-21-23-32(42)52-29(26-49-24-22-20-18-10-8-6-4-2)27-50-39-38(48)36(46)34(44)31(54-39)28-51-40-37(47)35(45)33(43)30(25-41)53-40/h5,7,11-12,14-15,17,19,29-31,33-41,43-48H,3-4,6,8-10,13,16,18,20-28H2,1-2H3/b7-5-,12-11-,15-14-,19-17-. The SMILES string of the molecule is CC/C=C\C/C=C\C/C=C\C/C=C\CCC(=O)OC(COCCCCCCCCC)COC1OC(COC2OC(CO)C(O)C(O)C2O)C(O)C(O)C1O. The fraction of sp³-hybridized carbons (Fsp3) is 0.775. The van der Waals surface area contributed by atoms with Crippen LogP contribution in [0.3, 0.4) is 0 Å². The minimum atomic E-state index is -1.72. The van der Waals surface area contributed by atoms with Crippen molar-refractivity contribution in [3.63, 3.8) is 0 Å². The van der Waals surface area contributed by atoms with Crippen LogP contribution in [0.4, 0.5) is 0 Å². The first-order chi connectivity index (χ1) is 26.1. The van der Waals surface area contributed by atoms with Crippen molar-refractivity contribution in [1.29, 1.82) is 0 Å². The summed E-state index contributed by atoms with van der Waals surface area (Å²) in [7, 11) is 0. The number of aliphatic hydroxyl groups excluding tert-OH is 7. The van der Waals surface area contributed by atoms with E-state index in [4.69, 9.17) is 28.4 Å². The molecule has 0 aromatic rings. The molecule has 2 rings (SSSR count). The lowest BCUT2D eigenvalue weighted by Crippen LogP contribution is -2.61. The summed E-state index contributed by atoms with van der Waals surface area (Å²) in [5, 5.41) is 71.5. The predicted octanol–water partition coefficient (Wildman–Crippen LogP) is 2.89. The van der Waals surface area contributed by atoms with Crippen LogP contribution in [-0.4, -0.2) is 142 Å². The van der Waals surface area contributed by atoms with Gasteiger partial charge in [0.2, 0.25) is 0 Å². The zero-order chi connectivity index (χ0) is 39.6. The van der Waals surface area contributed by atoms with Gasteiger partial charge in [-0.3, -0.25) is 4.79 Å². The monoisotopic (exact) mass is 772 g/mol. The molecule has 0 radical (unpaired) electrons. The van der Waals surface area contributed by atoms with Crippen LogP contribution in [0.2, 0.25) is 0 Å². The zero-order valence-electron chi connectivity index (χ0n) is 32.2. The number of allylic oxidation sites excluding steroid dienone is 8. The number of esters is 1. The number of ether oxygens (including phenoxy) is 6. The Bertz CT molecular complexity index is 1080. The van der Waals surface area contributed by atoms with Crippen LogP contribution in [0.1, 0.15) is 97.3 Å². The number of carbonyl (C=O) groups excluding carboxylic acids is 1. The molecule has 0 aromatic carbocycles. The van der Waals surface area contributed by atoms with Crippen molar-refractivity contribution in [2.75, 3.05) is 33.0 Å². The topological polar surface area (TPSA) is 214 Å². The van der Waals surface area contributed by atoms with Crippen LogP contribution in [0.25, 0.3) is 0 Å². The molecule has 0 aromatic heterocycles. The van der Waals surface area contributed by atoms with E-state index in [9.17, 15) is 40.5 Å². The third-order valence-corrected chi connectivity index (χ3v) is 9.12. The highest BCUT2D eigenvalue weighted by Crippen LogP contribution is 2.26. The fourth-order valence-electron chi connectivity index (χ4n) is 5.82. The Morgan fingerprint density at radius 3 is 1.78 bits per heavy atom. The van der Waals surface area contributed by atoms with E-state index < -0.39 is 86.7 Å². The molecule has 0 bridgehead atoms. The van der Waals surface area contributed by atoms with Gasteiger partial charge in [0.05, 0.1) is 26.4 Å². The summed E-state index contributed by atoms with van der Waals surface area (Å²) in [5.74, 6) is -0.461. The van der Waals surface area contributed by atoms with E-state index in [2.05, 4.69) is 50.3 Å². The van der Waals surface area contributed by atoms with E-state index in [-0.39, 0.29) is 19.6 Å². The van der Waals surface area contributed by atoms with Crippen LogP contribution in [-0.2, 0) is 33.2 Å². The lowest BCUT2D eigenvalue weighted by molar-refractivity contribution is -0.332. The van der Waals surface area contributed by atoms with Crippen LogP contribution in [0.5, 0.6) is 0 Å². The maximum absolute atomic E-state index is 12.8.